The van der Waals surface area contributed by atoms with E-state index in [1.165, 1.54) is 0 Å². The molecule has 0 amide bonds. The van der Waals surface area contributed by atoms with E-state index in [4.69, 9.17) is 10.9 Å². The van der Waals surface area contributed by atoms with Gasteiger partial charge in [-0.05, 0) is 46.9 Å². The van der Waals surface area contributed by atoms with E-state index in [-0.39, 0.29) is 6.04 Å². The van der Waals surface area contributed by atoms with Crippen LogP contribution in [-0.2, 0) is 6.54 Å². The molecule has 6 heteroatoms. The summed E-state index contributed by atoms with van der Waals surface area (Å²) in [7, 11) is 0. The molecule has 3 N–H and O–H groups in total. The summed E-state index contributed by atoms with van der Waals surface area (Å²) in [5.41, 5.74) is 6.88. The van der Waals surface area contributed by atoms with Crippen LogP contribution in [0.25, 0.3) is 0 Å². The van der Waals surface area contributed by atoms with Crippen LogP contribution in [0.3, 0.4) is 0 Å². The molecule has 1 aliphatic rings. The van der Waals surface area contributed by atoms with Gasteiger partial charge in [0.25, 0.3) is 0 Å². The minimum Gasteiger partial charge on any atom is -0.409 e. The van der Waals surface area contributed by atoms with Gasteiger partial charge in [-0.15, -0.1) is 0 Å². The maximum Gasteiger partial charge on any atom is 0.156 e. The normalized spacial score (nSPS) is 22.1. The third-order valence-electron chi connectivity index (χ3n) is 3.22. The van der Waals surface area contributed by atoms with E-state index in [1.54, 1.807) is 6.20 Å². The molecule has 2 heterocycles. The number of pyridine rings is 1. The molecule has 1 unspecified atom stereocenters. The number of hydrogen-bond acceptors (Lipinski definition) is 4. The first-order valence-corrected chi connectivity index (χ1v) is 6.81. The molecule has 98 valence electrons. The Morgan fingerprint density at radius 1 is 1.56 bits per heavy atom. The summed E-state index contributed by atoms with van der Waals surface area (Å²) in [5.74, 6) is 0.303. The van der Waals surface area contributed by atoms with Gasteiger partial charge < -0.3 is 10.9 Å². The third kappa shape index (κ3) is 3.20. The van der Waals surface area contributed by atoms with Gasteiger partial charge in [-0.1, -0.05) is 11.6 Å². The van der Waals surface area contributed by atoms with Crippen molar-refractivity contribution in [3.63, 3.8) is 0 Å². The Kier molecular flexibility index (Phi) is 4.54. The molecule has 1 aromatic heterocycles. The van der Waals surface area contributed by atoms with Crippen molar-refractivity contribution in [1.82, 2.24) is 9.88 Å². The Balaban J connectivity index is 2.10. The van der Waals surface area contributed by atoms with Crippen LogP contribution in [0.4, 0.5) is 0 Å². The van der Waals surface area contributed by atoms with Crippen molar-refractivity contribution < 1.29 is 5.21 Å². The van der Waals surface area contributed by atoms with Crippen LogP contribution >= 0.6 is 15.9 Å². The molecule has 1 atom stereocenters. The highest BCUT2D eigenvalue weighted by Crippen LogP contribution is 2.20. The van der Waals surface area contributed by atoms with Crippen molar-refractivity contribution >= 4 is 21.8 Å². The molecular weight excluding hydrogens is 296 g/mol. The summed E-state index contributed by atoms with van der Waals surface area (Å²) >= 11 is 3.42. The molecule has 0 bridgehead atoms. The lowest BCUT2D eigenvalue weighted by molar-refractivity contribution is 0.178. The SMILES string of the molecule is N/C(=N/O)C1CCCCN1Cc1cncc(Br)c1. The Hall–Kier alpha value is -1.14. The molecule has 1 saturated heterocycles. The van der Waals surface area contributed by atoms with Crippen molar-refractivity contribution in [2.75, 3.05) is 6.54 Å². The lowest BCUT2D eigenvalue weighted by Gasteiger charge is -2.34. The van der Waals surface area contributed by atoms with Gasteiger partial charge in [-0.2, -0.15) is 0 Å². The number of rotatable bonds is 3. The molecule has 5 nitrogen and oxygen atoms in total. The topological polar surface area (TPSA) is 74.7 Å². The summed E-state index contributed by atoms with van der Waals surface area (Å²) in [4.78, 5) is 6.39. The number of piperidine rings is 1. The molecule has 18 heavy (non-hydrogen) atoms. The molecule has 2 rings (SSSR count). The molecule has 0 saturated carbocycles. The number of oxime groups is 1. The van der Waals surface area contributed by atoms with E-state index >= 15 is 0 Å². The highest BCUT2D eigenvalue weighted by molar-refractivity contribution is 9.10. The third-order valence-corrected chi connectivity index (χ3v) is 3.65. The average molecular weight is 313 g/mol. The van der Waals surface area contributed by atoms with Gasteiger partial charge in [-0.25, -0.2) is 0 Å². The molecule has 1 fully saturated rings. The average Bonchev–Trinajstić information content (AvgIpc) is 2.38. The van der Waals surface area contributed by atoms with Crippen molar-refractivity contribution in [2.45, 2.75) is 31.8 Å². The number of aromatic nitrogens is 1. The van der Waals surface area contributed by atoms with Gasteiger partial charge in [0, 0.05) is 23.4 Å². The predicted octanol–water partition coefficient (Wildman–Crippen LogP) is 1.94. The zero-order valence-corrected chi connectivity index (χ0v) is 11.7. The smallest absolute Gasteiger partial charge is 0.156 e. The summed E-state index contributed by atoms with van der Waals surface area (Å²) in [6.45, 7) is 1.74. The van der Waals surface area contributed by atoms with Gasteiger partial charge in [0.05, 0.1) is 6.04 Å². The number of halogens is 1. The van der Waals surface area contributed by atoms with E-state index in [0.717, 1.165) is 42.4 Å². The number of likely N-dealkylation sites (tertiary alicyclic amines) is 1. The fourth-order valence-electron chi connectivity index (χ4n) is 2.36. The minimum atomic E-state index is 0.0303. The molecule has 1 aliphatic heterocycles. The van der Waals surface area contributed by atoms with Gasteiger partial charge in [0.2, 0.25) is 0 Å². The first-order chi connectivity index (χ1) is 8.70. The van der Waals surface area contributed by atoms with Crippen LogP contribution in [0, 0.1) is 0 Å². The Bertz CT molecular complexity index is 438. The fraction of sp³-hybridized carbons (Fsp3) is 0.500. The second-order valence-corrected chi connectivity index (χ2v) is 5.43. The highest BCUT2D eigenvalue weighted by Gasteiger charge is 2.25. The van der Waals surface area contributed by atoms with Crippen LogP contribution < -0.4 is 5.73 Å². The van der Waals surface area contributed by atoms with Crippen molar-refractivity contribution in [3.8, 4) is 0 Å². The summed E-state index contributed by atoms with van der Waals surface area (Å²) in [6, 6.07) is 2.08. The van der Waals surface area contributed by atoms with Crippen LogP contribution in [-0.4, -0.2) is 33.5 Å². The number of nitrogens with zero attached hydrogens (tertiary/aromatic N) is 3. The van der Waals surface area contributed by atoms with Crippen LogP contribution in [0.5, 0.6) is 0 Å². The summed E-state index contributed by atoms with van der Waals surface area (Å²) in [6.07, 6.45) is 6.82. The number of hydrogen-bond donors (Lipinski definition) is 2. The Morgan fingerprint density at radius 2 is 2.39 bits per heavy atom. The standard InChI is InChI=1S/C12H17BrN4O/c13-10-5-9(6-15-7-10)8-17-4-2-1-3-11(17)12(14)16-18/h5-7,11,18H,1-4,8H2,(H2,14,16). The summed E-state index contributed by atoms with van der Waals surface area (Å²) < 4.78 is 0.970. The fourth-order valence-corrected chi connectivity index (χ4v) is 2.77. The maximum atomic E-state index is 8.83. The Labute approximate surface area is 115 Å². The first-order valence-electron chi connectivity index (χ1n) is 6.01. The van der Waals surface area contributed by atoms with E-state index in [0.29, 0.717) is 5.84 Å². The van der Waals surface area contributed by atoms with Crippen LogP contribution in [0.2, 0.25) is 0 Å². The van der Waals surface area contributed by atoms with E-state index in [9.17, 15) is 0 Å². The monoisotopic (exact) mass is 312 g/mol. The Morgan fingerprint density at radius 3 is 3.11 bits per heavy atom. The van der Waals surface area contributed by atoms with Gasteiger partial charge in [-0.3, -0.25) is 9.88 Å². The molecular formula is C12H17BrN4O. The van der Waals surface area contributed by atoms with E-state index in [2.05, 4.69) is 31.0 Å². The van der Waals surface area contributed by atoms with E-state index in [1.807, 2.05) is 12.3 Å². The second kappa shape index (κ2) is 6.15. The van der Waals surface area contributed by atoms with E-state index < -0.39 is 0 Å². The van der Waals surface area contributed by atoms with Crippen molar-refractivity contribution in [2.24, 2.45) is 10.9 Å². The van der Waals surface area contributed by atoms with Crippen molar-refractivity contribution in [3.05, 3.63) is 28.5 Å². The first kappa shape index (κ1) is 13.3. The zero-order chi connectivity index (χ0) is 13.0. The molecule has 1 aromatic rings. The quantitative estimate of drug-likeness (QED) is 0.387. The van der Waals surface area contributed by atoms with Gasteiger partial charge in [0.1, 0.15) is 0 Å². The van der Waals surface area contributed by atoms with Crippen LogP contribution in [0.15, 0.2) is 28.1 Å². The molecule has 0 aromatic carbocycles. The lowest BCUT2D eigenvalue weighted by Crippen LogP contribution is -2.47. The summed E-state index contributed by atoms with van der Waals surface area (Å²) in [5, 5.41) is 12.0. The minimum absolute atomic E-state index is 0.0303. The number of amidine groups is 1. The van der Waals surface area contributed by atoms with Gasteiger partial charge >= 0.3 is 0 Å². The van der Waals surface area contributed by atoms with Gasteiger partial charge in [0.15, 0.2) is 5.84 Å². The van der Waals surface area contributed by atoms with Crippen LogP contribution in [0.1, 0.15) is 24.8 Å². The molecule has 0 spiro atoms. The highest BCUT2D eigenvalue weighted by atomic mass is 79.9. The molecule has 0 aliphatic carbocycles. The lowest BCUT2D eigenvalue weighted by atomic mass is 10.0. The molecule has 0 radical (unpaired) electrons. The van der Waals surface area contributed by atoms with Crippen molar-refractivity contribution in [1.29, 1.82) is 0 Å². The predicted molar refractivity (Wildman–Crippen MR) is 73.4 cm³/mol. The largest absolute Gasteiger partial charge is 0.409 e. The zero-order valence-electron chi connectivity index (χ0n) is 10.1. The number of nitrogens with two attached hydrogens (primary N) is 1. The maximum absolute atomic E-state index is 8.83. The second-order valence-electron chi connectivity index (χ2n) is 4.52.